The van der Waals surface area contributed by atoms with E-state index in [1.54, 1.807) is 0 Å². The third-order valence-electron chi connectivity index (χ3n) is 5.14. The predicted octanol–water partition coefficient (Wildman–Crippen LogP) is 1.42. The maximum Gasteiger partial charge on any atom is 0.319 e. The second-order valence-electron chi connectivity index (χ2n) is 7.13. The molecule has 0 radical (unpaired) electrons. The average molecular weight is 368 g/mol. The highest BCUT2D eigenvalue weighted by atomic mass is 16.5. The molecule has 0 unspecified atom stereocenters. The number of carbonyl (C=O) groups excluding carboxylic acids is 2. The van der Waals surface area contributed by atoms with Crippen molar-refractivity contribution in [3.63, 3.8) is 0 Å². The van der Waals surface area contributed by atoms with E-state index >= 15 is 0 Å². The van der Waals surface area contributed by atoms with Gasteiger partial charge in [0.2, 0.25) is 0 Å². The quantitative estimate of drug-likeness (QED) is 0.805. The van der Waals surface area contributed by atoms with E-state index in [2.05, 4.69) is 15.1 Å². The van der Waals surface area contributed by atoms with Gasteiger partial charge in [-0.15, -0.1) is 0 Å². The van der Waals surface area contributed by atoms with Crippen molar-refractivity contribution in [2.24, 2.45) is 0 Å². The number of amides is 1. The monoisotopic (exact) mass is 368 g/mol. The van der Waals surface area contributed by atoms with Gasteiger partial charge in [0.15, 0.2) is 0 Å². The molecule has 1 aliphatic heterocycles. The lowest BCUT2D eigenvalue weighted by Crippen LogP contribution is -2.48. The molecule has 1 aromatic heterocycles. The molecule has 0 spiro atoms. The van der Waals surface area contributed by atoms with Gasteiger partial charge in [-0.1, -0.05) is 18.2 Å². The van der Waals surface area contributed by atoms with Crippen LogP contribution in [0.1, 0.15) is 23.2 Å². The summed E-state index contributed by atoms with van der Waals surface area (Å²) in [7, 11) is 1.41. The van der Waals surface area contributed by atoms with Crippen LogP contribution in [0, 0.1) is 0 Å². The molecule has 2 fully saturated rings. The summed E-state index contributed by atoms with van der Waals surface area (Å²) in [5.41, 5.74) is 1.51. The van der Waals surface area contributed by atoms with Crippen LogP contribution in [0.3, 0.4) is 0 Å². The maximum absolute atomic E-state index is 12.7. The Labute approximate surface area is 158 Å². The van der Waals surface area contributed by atoms with Crippen LogP contribution in [0.15, 0.2) is 30.3 Å². The summed E-state index contributed by atoms with van der Waals surface area (Å²) >= 11 is 0. The number of hydrogen-bond acceptors (Lipinski definition) is 6. The van der Waals surface area contributed by atoms with Crippen molar-refractivity contribution in [2.45, 2.75) is 18.9 Å². The van der Waals surface area contributed by atoms with Crippen molar-refractivity contribution in [3.05, 3.63) is 35.9 Å². The second kappa shape index (κ2) is 7.52. The van der Waals surface area contributed by atoms with Crippen molar-refractivity contribution in [1.29, 1.82) is 0 Å². The van der Waals surface area contributed by atoms with Crippen LogP contribution in [0.5, 0.6) is 0 Å². The number of pyridine rings is 1. The van der Waals surface area contributed by atoms with E-state index in [1.165, 1.54) is 7.11 Å². The average Bonchev–Trinajstić information content (AvgIpc) is 3.51. The molecule has 142 valence electrons. The van der Waals surface area contributed by atoms with Crippen LogP contribution >= 0.6 is 0 Å². The number of anilines is 1. The second-order valence-corrected chi connectivity index (χ2v) is 7.13. The molecule has 4 rings (SSSR count). The number of para-hydroxylation sites is 1. The van der Waals surface area contributed by atoms with Gasteiger partial charge in [-0.25, -0.2) is 4.98 Å². The van der Waals surface area contributed by atoms with Crippen LogP contribution in [0.25, 0.3) is 10.9 Å². The number of nitrogens with one attached hydrogen (secondary N) is 1. The lowest BCUT2D eigenvalue weighted by molar-refractivity contribution is -0.142. The Kier molecular flexibility index (Phi) is 4.94. The van der Waals surface area contributed by atoms with Crippen LogP contribution in [-0.2, 0) is 9.53 Å². The number of rotatable bonds is 5. The number of benzene rings is 1. The number of carbonyl (C=O) groups is 2. The largest absolute Gasteiger partial charge is 0.468 e. The third-order valence-corrected chi connectivity index (χ3v) is 5.14. The molecule has 1 aromatic carbocycles. The summed E-state index contributed by atoms with van der Waals surface area (Å²) in [6.07, 6.45) is 2.12. The number of methoxy groups -OCH3 is 1. The van der Waals surface area contributed by atoms with E-state index in [9.17, 15) is 9.59 Å². The summed E-state index contributed by atoms with van der Waals surface area (Å²) in [6, 6.07) is 9.98. The Morgan fingerprint density at radius 1 is 1.19 bits per heavy atom. The number of fused-ring (bicyclic) bond motifs is 1. The first-order chi connectivity index (χ1) is 13.1. The van der Waals surface area contributed by atoms with Gasteiger partial charge in [0.25, 0.3) is 5.91 Å². The standard InChI is InChI=1S/C20H24N4O3/c1-27-19(25)13-23-8-10-24(11-9-23)18-12-16(20(26)21-14-6-7-14)15-4-2-3-5-17(15)22-18/h2-5,12,14H,6-11,13H2,1H3,(H,21,26). The molecule has 2 aliphatic rings. The fraction of sp³-hybridized carbons (Fsp3) is 0.450. The lowest BCUT2D eigenvalue weighted by Gasteiger charge is -2.35. The van der Waals surface area contributed by atoms with Gasteiger partial charge in [0.1, 0.15) is 5.82 Å². The summed E-state index contributed by atoms with van der Waals surface area (Å²) in [5.74, 6) is 0.570. The number of hydrogen-bond donors (Lipinski definition) is 1. The van der Waals surface area contributed by atoms with Gasteiger partial charge < -0.3 is 15.0 Å². The fourth-order valence-electron chi connectivity index (χ4n) is 3.38. The molecule has 1 saturated heterocycles. The Morgan fingerprint density at radius 3 is 2.63 bits per heavy atom. The first-order valence-electron chi connectivity index (χ1n) is 9.39. The molecule has 27 heavy (non-hydrogen) atoms. The van der Waals surface area contributed by atoms with E-state index in [0.717, 1.165) is 55.7 Å². The summed E-state index contributed by atoms with van der Waals surface area (Å²) < 4.78 is 4.74. The van der Waals surface area contributed by atoms with E-state index in [-0.39, 0.29) is 11.9 Å². The molecular weight excluding hydrogens is 344 g/mol. The SMILES string of the molecule is COC(=O)CN1CCN(c2cc(C(=O)NC3CC3)c3ccccc3n2)CC1. The Balaban J connectivity index is 1.55. The van der Waals surface area contributed by atoms with Crippen LogP contribution in [0.2, 0.25) is 0 Å². The first-order valence-corrected chi connectivity index (χ1v) is 9.39. The number of esters is 1. The summed E-state index contributed by atoms with van der Waals surface area (Å²) in [6.45, 7) is 3.34. The normalized spacial score (nSPS) is 17.7. The fourth-order valence-corrected chi connectivity index (χ4v) is 3.38. The van der Waals surface area contributed by atoms with Gasteiger partial charge in [-0.3, -0.25) is 14.5 Å². The topological polar surface area (TPSA) is 74.8 Å². The van der Waals surface area contributed by atoms with Gasteiger partial charge in [0.05, 0.1) is 24.7 Å². The smallest absolute Gasteiger partial charge is 0.319 e. The van der Waals surface area contributed by atoms with Crippen molar-refractivity contribution in [1.82, 2.24) is 15.2 Å². The van der Waals surface area contributed by atoms with E-state index in [1.807, 2.05) is 30.3 Å². The van der Waals surface area contributed by atoms with E-state index in [4.69, 9.17) is 9.72 Å². The third kappa shape index (κ3) is 4.03. The molecular formula is C20H24N4O3. The minimum atomic E-state index is -0.216. The van der Waals surface area contributed by atoms with Gasteiger partial charge in [-0.2, -0.15) is 0 Å². The van der Waals surface area contributed by atoms with Crippen molar-refractivity contribution in [2.75, 3.05) is 44.7 Å². The summed E-state index contributed by atoms with van der Waals surface area (Å²) in [4.78, 5) is 33.2. The zero-order valence-corrected chi connectivity index (χ0v) is 15.5. The molecule has 7 heteroatoms. The Hall–Kier alpha value is -2.67. The van der Waals surface area contributed by atoms with Crippen molar-refractivity contribution < 1.29 is 14.3 Å². The zero-order chi connectivity index (χ0) is 18.8. The van der Waals surface area contributed by atoms with Crippen LogP contribution in [0.4, 0.5) is 5.82 Å². The molecule has 1 N–H and O–H groups in total. The molecule has 2 heterocycles. The molecule has 0 bridgehead atoms. The number of aromatic nitrogens is 1. The number of piperazine rings is 1. The molecule has 1 amide bonds. The highest BCUT2D eigenvalue weighted by Gasteiger charge is 2.26. The summed E-state index contributed by atoms with van der Waals surface area (Å²) in [5, 5.41) is 3.96. The van der Waals surface area contributed by atoms with Crippen molar-refractivity contribution >= 4 is 28.6 Å². The highest BCUT2D eigenvalue weighted by molar-refractivity contribution is 6.07. The number of nitrogens with zero attached hydrogens (tertiary/aromatic N) is 3. The molecule has 2 aromatic rings. The Morgan fingerprint density at radius 2 is 1.93 bits per heavy atom. The zero-order valence-electron chi connectivity index (χ0n) is 15.5. The minimum absolute atomic E-state index is 0.0262. The van der Waals surface area contributed by atoms with Crippen molar-refractivity contribution in [3.8, 4) is 0 Å². The molecule has 7 nitrogen and oxygen atoms in total. The molecule has 1 aliphatic carbocycles. The van der Waals surface area contributed by atoms with Gasteiger partial charge in [-0.05, 0) is 25.0 Å². The predicted molar refractivity (Wildman–Crippen MR) is 103 cm³/mol. The van der Waals surface area contributed by atoms with Gasteiger partial charge in [0, 0.05) is 37.6 Å². The Bertz CT molecular complexity index is 857. The molecule has 1 saturated carbocycles. The maximum atomic E-state index is 12.7. The van der Waals surface area contributed by atoms with Gasteiger partial charge >= 0.3 is 5.97 Å². The molecule has 0 atom stereocenters. The van der Waals surface area contributed by atoms with E-state index < -0.39 is 0 Å². The van der Waals surface area contributed by atoms with E-state index in [0.29, 0.717) is 18.2 Å². The lowest BCUT2D eigenvalue weighted by atomic mass is 10.1. The number of ether oxygens (including phenoxy) is 1. The highest BCUT2D eigenvalue weighted by Crippen LogP contribution is 2.26. The van der Waals surface area contributed by atoms with Crippen LogP contribution in [-0.4, -0.2) is 67.6 Å². The first kappa shape index (κ1) is 17.7. The minimum Gasteiger partial charge on any atom is -0.468 e. The van der Waals surface area contributed by atoms with Crippen LogP contribution < -0.4 is 10.2 Å².